The van der Waals surface area contributed by atoms with Gasteiger partial charge in [0.15, 0.2) is 0 Å². The number of ether oxygens (including phenoxy) is 1. The number of nitrogens with zero attached hydrogens (tertiary/aromatic N) is 2. The van der Waals surface area contributed by atoms with E-state index in [-0.39, 0.29) is 0 Å². The second kappa shape index (κ2) is 7.17. The minimum atomic E-state index is 0.573. The van der Waals surface area contributed by atoms with Crippen molar-refractivity contribution in [3.8, 4) is 5.88 Å². The maximum Gasteiger partial charge on any atom is 0.233 e. The van der Waals surface area contributed by atoms with Crippen LogP contribution in [0.25, 0.3) is 0 Å². The fraction of sp³-hybridized carbons (Fsp3) is 0.667. The van der Waals surface area contributed by atoms with Gasteiger partial charge in [0.1, 0.15) is 0 Å². The summed E-state index contributed by atoms with van der Waals surface area (Å²) in [5.74, 6) is 1.19. The van der Waals surface area contributed by atoms with Crippen molar-refractivity contribution in [3.05, 3.63) is 17.8 Å². The zero-order valence-corrected chi connectivity index (χ0v) is 10.4. The Morgan fingerprint density at radius 1 is 1.38 bits per heavy atom. The summed E-state index contributed by atoms with van der Waals surface area (Å²) >= 11 is 0. The fourth-order valence-corrected chi connectivity index (χ4v) is 1.50. The van der Waals surface area contributed by atoms with Crippen LogP contribution in [0.4, 0.5) is 0 Å². The van der Waals surface area contributed by atoms with Gasteiger partial charge < -0.3 is 10.1 Å². The van der Waals surface area contributed by atoms with Crippen molar-refractivity contribution in [2.24, 2.45) is 5.92 Å². The van der Waals surface area contributed by atoms with Gasteiger partial charge in [-0.1, -0.05) is 20.3 Å². The first-order valence-electron chi connectivity index (χ1n) is 5.86. The van der Waals surface area contributed by atoms with Crippen LogP contribution in [0, 0.1) is 5.92 Å². The summed E-state index contributed by atoms with van der Waals surface area (Å²) in [6.45, 7) is 5.82. The fourth-order valence-electron chi connectivity index (χ4n) is 1.50. The summed E-state index contributed by atoms with van der Waals surface area (Å²) in [4.78, 5) is 0. The number of hydrogen-bond donors (Lipinski definition) is 1. The Morgan fingerprint density at radius 3 is 2.75 bits per heavy atom. The van der Waals surface area contributed by atoms with Crippen LogP contribution in [0.15, 0.2) is 12.1 Å². The van der Waals surface area contributed by atoms with E-state index in [1.807, 2.05) is 19.2 Å². The molecule has 1 heterocycles. The normalized spacial score (nSPS) is 12.4. The van der Waals surface area contributed by atoms with Crippen LogP contribution in [-0.2, 0) is 6.54 Å². The van der Waals surface area contributed by atoms with E-state index in [2.05, 4.69) is 29.4 Å². The van der Waals surface area contributed by atoms with Gasteiger partial charge in [0.25, 0.3) is 0 Å². The van der Waals surface area contributed by atoms with Crippen molar-refractivity contribution in [1.29, 1.82) is 0 Å². The van der Waals surface area contributed by atoms with Crippen LogP contribution in [0.2, 0.25) is 0 Å². The third kappa shape index (κ3) is 4.57. The first-order valence-corrected chi connectivity index (χ1v) is 5.86. The van der Waals surface area contributed by atoms with Crippen molar-refractivity contribution in [2.45, 2.75) is 33.2 Å². The highest BCUT2D eigenvalue weighted by molar-refractivity contribution is 5.11. The Hall–Kier alpha value is -1.16. The topological polar surface area (TPSA) is 47.0 Å². The van der Waals surface area contributed by atoms with Crippen LogP contribution >= 0.6 is 0 Å². The molecular weight excluding hydrogens is 202 g/mol. The molecule has 90 valence electrons. The summed E-state index contributed by atoms with van der Waals surface area (Å²) in [5.41, 5.74) is 0.927. The zero-order chi connectivity index (χ0) is 11.8. The molecule has 0 spiro atoms. The van der Waals surface area contributed by atoms with E-state index < -0.39 is 0 Å². The van der Waals surface area contributed by atoms with E-state index >= 15 is 0 Å². The molecule has 4 nitrogen and oxygen atoms in total. The minimum absolute atomic E-state index is 0.573. The third-order valence-electron chi connectivity index (χ3n) is 2.35. The van der Waals surface area contributed by atoms with Crippen LogP contribution < -0.4 is 10.1 Å². The smallest absolute Gasteiger partial charge is 0.233 e. The average molecular weight is 223 g/mol. The van der Waals surface area contributed by atoms with Crippen molar-refractivity contribution >= 4 is 0 Å². The molecule has 0 saturated heterocycles. The van der Waals surface area contributed by atoms with Gasteiger partial charge in [-0.05, 0) is 25.5 Å². The number of rotatable bonds is 7. The van der Waals surface area contributed by atoms with Gasteiger partial charge in [0, 0.05) is 12.6 Å². The van der Waals surface area contributed by atoms with E-state index in [0.29, 0.717) is 18.4 Å². The molecule has 0 aliphatic heterocycles. The predicted octanol–water partition coefficient (Wildman–Crippen LogP) is 2.01. The Labute approximate surface area is 97.4 Å². The lowest BCUT2D eigenvalue weighted by molar-refractivity contribution is 0.240. The lowest BCUT2D eigenvalue weighted by Gasteiger charge is -2.10. The highest BCUT2D eigenvalue weighted by Gasteiger charge is 2.03. The molecule has 1 atom stereocenters. The first-order chi connectivity index (χ1) is 7.76. The Bertz CT molecular complexity index is 287. The molecule has 1 aromatic heterocycles. The average Bonchev–Trinajstić information content (AvgIpc) is 2.29. The maximum absolute atomic E-state index is 5.56. The first kappa shape index (κ1) is 12.9. The van der Waals surface area contributed by atoms with Gasteiger partial charge in [0.2, 0.25) is 5.88 Å². The van der Waals surface area contributed by atoms with Gasteiger partial charge in [0.05, 0.1) is 12.3 Å². The monoisotopic (exact) mass is 223 g/mol. The van der Waals surface area contributed by atoms with Gasteiger partial charge >= 0.3 is 0 Å². The molecule has 0 radical (unpaired) electrons. The van der Waals surface area contributed by atoms with Crippen LogP contribution in [0.1, 0.15) is 32.4 Å². The SMILES string of the molecule is CCCC(C)COc1ccc(CNC)nn1. The van der Waals surface area contributed by atoms with Gasteiger partial charge in [-0.15, -0.1) is 5.10 Å². The Morgan fingerprint density at radius 2 is 2.19 bits per heavy atom. The molecule has 0 saturated carbocycles. The van der Waals surface area contributed by atoms with E-state index in [9.17, 15) is 0 Å². The predicted molar refractivity (Wildman–Crippen MR) is 64.4 cm³/mol. The lowest BCUT2D eigenvalue weighted by Crippen LogP contribution is -2.11. The number of nitrogens with one attached hydrogen (secondary N) is 1. The number of aromatic nitrogens is 2. The van der Waals surface area contributed by atoms with E-state index in [4.69, 9.17) is 4.74 Å². The molecule has 16 heavy (non-hydrogen) atoms. The van der Waals surface area contributed by atoms with Crippen LogP contribution in [0.5, 0.6) is 5.88 Å². The molecule has 1 aromatic rings. The van der Waals surface area contributed by atoms with Crippen LogP contribution in [-0.4, -0.2) is 23.9 Å². The molecule has 0 aliphatic carbocycles. The lowest BCUT2D eigenvalue weighted by atomic mass is 10.1. The molecule has 1 rings (SSSR count). The van der Waals surface area contributed by atoms with E-state index in [1.165, 1.54) is 12.8 Å². The molecule has 0 bridgehead atoms. The van der Waals surface area contributed by atoms with Crippen molar-refractivity contribution in [2.75, 3.05) is 13.7 Å². The van der Waals surface area contributed by atoms with E-state index in [1.54, 1.807) is 0 Å². The van der Waals surface area contributed by atoms with Crippen molar-refractivity contribution in [1.82, 2.24) is 15.5 Å². The van der Waals surface area contributed by atoms with Crippen molar-refractivity contribution < 1.29 is 4.74 Å². The van der Waals surface area contributed by atoms with Gasteiger partial charge in [-0.25, -0.2) is 0 Å². The summed E-state index contributed by atoms with van der Waals surface area (Å²) in [7, 11) is 1.89. The summed E-state index contributed by atoms with van der Waals surface area (Å²) in [6.07, 6.45) is 2.38. The molecule has 4 heteroatoms. The van der Waals surface area contributed by atoms with Gasteiger partial charge in [-0.3, -0.25) is 0 Å². The zero-order valence-electron chi connectivity index (χ0n) is 10.4. The standard InChI is InChI=1S/C12H21N3O/c1-4-5-10(2)9-16-12-7-6-11(8-13-3)14-15-12/h6-7,10,13H,4-5,8-9H2,1-3H3. The molecular formula is C12H21N3O. The van der Waals surface area contributed by atoms with Gasteiger partial charge in [-0.2, -0.15) is 5.10 Å². The second-order valence-electron chi connectivity index (χ2n) is 4.10. The summed E-state index contributed by atoms with van der Waals surface area (Å²) < 4.78 is 5.56. The minimum Gasteiger partial charge on any atom is -0.476 e. The van der Waals surface area contributed by atoms with Crippen molar-refractivity contribution in [3.63, 3.8) is 0 Å². The molecule has 0 aromatic carbocycles. The van der Waals surface area contributed by atoms with E-state index in [0.717, 1.165) is 12.2 Å². The quantitative estimate of drug-likeness (QED) is 0.768. The maximum atomic E-state index is 5.56. The largest absolute Gasteiger partial charge is 0.476 e. The molecule has 0 amide bonds. The summed E-state index contributed by atoms with van der Waals surface area (Å²) in [5, 5.41) is 11.1. The molecule has 0 fully saturated rings. The highest BCUT2D eigenvalue weighted by atomic mass is 16.5. The molecule has 1 N–H and O–H groups in total. The molecule has 1 unspecified atom stereocenters. The number of hydrogen-bond acceptors (Lipinski definition) is 4. The van der Waals surface area contributed by atoms with Crippen LogP contribution in [0.3, 0.4) is 0 Å². The Balaban J connectivity index is 2.37. The second-order valence-corrected chi connectivity index (χ2v) is 4.10. The Kier molecular flexibility index (Phi) is 5.78. The highest BCUT2D eigenvalue weighted by Crippen LogP contribution is 2.09. The molecule has 0 aliphatic rings. The third-order valence-corrected chi connectivity index (χ3v) is 2.35. The summed E-state index contributed by atoms with van der Waals surface area (Å²) in [6, 6.07) is 3.81.